The third-order valence-corrected chi connectivity index (χ3v) is 6.31. The van der Waals surface area contributed by atoms with Crippen LogP contribution in [0.2, 0.25) is 5.02 Å². The maximum absolute atomic E-state index is 13.1. The summed E-state index contributed by atoms with van der Waals surface area (Å²) >= 11 is 6.32. The lowest BCUT2D eigenvalue weighted by molar-refractivity contribution is 0.0801. The van der Waals surface area contributed by atoms with Gasteiger partial charge in [0.25, 0.3) is 16.8 Å². The molecule has 1 aromatic heterocycles. The van der Waals surface area contributed by atoms with E-state index < -0.39 is 22.8 Å². The molecule has 2 aromatic carbocycles. The zero-order chi connectivity index (χ0) is 25.7. The summed E-state index contributed by atoms with van der Waals surface area (Å²) in [7, 11) is 0. The fourth-order valence-corrected chi connectivity index (χ4v) is 4.36. The minimum atomic E-state index is -0.698. The third kappa shape index (κ3) is 4.37. The minimum absolute atomic E-state index is 0.0530. The summed E-state index contributed by atoms with van der Waals surface area (Å²) in [5, 5.41) is 17.2. The van der Waals surface area contributed by atoms with Crippen molar-refractivity contribution >= 4 is 40.4 Å². The number of amidine groups is 1. The molecule has 1 aliphatic rings. The molecule has 1 aliphatic heterocycles. The topological polar surface area (TPSA) is 152 Å². The molecule has 4 N–H and O–H groups in total. The van der Waals surface area contributed by atoms with Crippen molar-refractivity contribution in [1.29, 1.82) is 10.9 Å². The average molecular weight is 497 g/mol. The van der Waals surface area contributed by atoms with E-state index >= 15 is 0 Å². The molecule has 2 heterocycles. The molecule has 1 amide bonds. The van der Waals surface area contributed by atoms with Crippen LogP contribution in [0.3, 0.4) is 0 Å². The second kappa shape index (κ2) is 8.77. The van der Waals surface area contributed by atoms with Crippen molar-refractivity contribution < 1.29 is 9.21 Å². The van der Waals surface area contributed by atoms with Gasteiger partial charge in [0.05, 0.1) is 23.8 Å². The highest BCUT2D eigenvalue weighted by Crippen LogP contribution is 2.39. The van der Waals surface area contributed by atoms with Gasteiger partial charge in [0.2, 0.25) is 0 Å². The zero-order valence-electron chi connectivity index (χ0n) is 19.7. The lowest BCUT2D eigenvalue weighted by Crippen LogP contribution is -2.39. The Kier molecular flexibility index (Phi) is 6.10. The van der Waals surface area contributed by atoms with Gasteiger partial charge in [-0.1, -0.05) is 32.4 Å². The van der Waals surface area contributed by atoms with E-state index in [1.54, 1.807) is 12.1 Å². The largest absolute Gasteiger partial charge is 0.464 e. The molecule has 4 rings (SSSR count). The Hall–Kier alpha value is -3.79. The van der Waals surface area contributed by atoms with Gasteiger partial charge in [-0.3, -0.25) is 19.8 Å². The predicted molar refractivity (Wildman–Crippen MR) is 133 cm³/mol. The van der Waals surface area contributed by atoms with Gasteiger partial charge < -0.3 is 20.0 Å². The molecule has 11 heteroatoms. The van der Waals surface area contributed by atoms with Crippen LogP contribution in [0.15, 0.2) is 43.4 Å². The second-order valence-corrected chi connectivity index (χ2v) is 10.0. The average Bonchev–Trinajstić information content (AvgIpc) is 3.37. The molecule has 182 valence electrons. The Morgan fingerprint density at radius 2 is 1.86 bits per heavy atom. The number of rotatable bonds is 7. The number of amides is 1. The lowest BCUT2D eigenvalue weighted by atomic mass is 9.85. The van der Waals surface area contributed by atoms with Crippen LogP contribution in [0.4, 0.5) is 17.1 Å². The molecule has 0 bridgehead atoms. The maximum atomic E-state index is 13.1. The summed E-state index contributed by atoms with van der Waals surface area (Å²) in [6, 6.07) is 6.44. The van der Waals surface area contributed by atoms with E-state index in [4.69, 9.17) is 27.0 Å². The fraction of sp³-hybridized carbons (Fsp3) is 0.333. The summed E-state index contributed by atoms with van der Waals surface area (Å²) < 4.78 is 5.79. The number of halogens is 1. The summed E-state index contributed by atoms with van der Waals surface area (Å²) in [6.45, 7) is 7.79. The van der Waals surface area contributed by atoms with Crippen LogP contribution in [0.25, 0.3) is 0 Å². The Bertz CT molecular complexity index is 1430. The molecule has 0 spiro atoms. The van der Waals surface area contributed by atoms with Crippen LogP contribution in [0.5, 0.6) is 0 Å². The molecular weight excluding hydrogens is 472 g/mol. The zero-order valence-corrected chi connectivity index (χ0v) is 20.5. The molecule has 0 fully saturated rings. The molecule has 0 unspecified atom stereocenters. The summed E-state index contributed by atoms with van der Waals surface area (Å²) in [4.78, 5) is 39.5. The Morgan fingerprint density at radius 1 is 1.17 bits per heavy atom. The minimum Gasteiger partial charge on any atom is -0.464 e. The number of fused-ring (bicyclic) bond motifs is 1. The van der Waals surface area contributed by atoms with Gasteiger partial charge >= 0.3 is 0 Å². The summed E-state index contributed by atoms with van der Waals surface area (Å²) in [5.41, 5.74) is 6.54. The first-order valence-corrected chi connectivity index (χ1v) is 11.3. The molecule has 35 heavy (non-hydrogen) atoms. The van der Waals surface area contributed by atoms with Crippen molar-refractivity contribution in [2.45, 2.75) is 40.3 Å². The van der Waals surface area contributed by atoms with Gasteiger partial charge in [-0.2, -0.15) is 0 Å². The summed E-state index contributed by atoms with van der Waals surface area (Å²) in [6.07, 6.45) is 0. The normalized spacial score (nSPS) is 14.2. The number of nitrogens with zero attached hydrogens (tertiary/aromatic N) is 2. The molecule has 10 nitrogen and oxygen atoms in total. The number of furan rings is 1. The predicted octanol–water partition coefficient (Wildman–Crippen LogP) is 4.74. The van der Waals surface area contributed by atoms with Crippen LogP contribution in [0, 0.1) is 23.3 Å². The van der Waals surface area contributed by atoms with E-state index in [1.807, 2.05) is 39.8 Å². The molecule has 1 atom stereocenters. The van der Waals surface area contributed by atoms with E-state index in [0.717, 1.165) is 5.76 Å². The quantitative estimate of drug-likeness (QED) is 0.160. The fourth-order valence-electron chi connectivity index (χ4n) is 4.14. The maximum Gasteiger partial charge on any atom is 0.257 e. The smallest absolute Gasteiger partial charge is 0.257 e. The Labute approximate surface area is 206 Å². The van der Waals surface area contributed by atoms with Gasteiger partial charge in [-0.25, -0.2) is 5.53 Å². The monoisotopic (exact) mass is 496 g/mol. The number of hydrogen-bond acceptors (Lipinski definition) is 8. The number of nitrogens with one attached hydrogen (secondary N) is 4. The molecule has 0 saturated carbocycles. The van der Waals surface area contributed by atoms with Crippen molar-refractivity contribution in [2.24, 2.45) is 10.5 Å². The lowest BCUT2D eigenvalue weighted by Gasteiger charge is -2.31. The molecule has 0 aliphatic carbocycles. The number of benzene rings is 1. The second-order valence-electron chi connectivity index (χ2n) is 9.59. The van der Waals surface area contributed by atoms with Gasteiger partial charge in [0, 0.05) is 17.1 Å². The van der Waals surface area contributed by atoms with Crippen molar-refractivity contribution in [1.82, 2.24) is 4.90 Å². The number of anilines is 3. The van der Waals surface area contributed by atoms with E-state index in [9.17, 15) is 14.4 Å². The van der Waals surface area contributed by atoms with E-state index in [0.29, 0.717) is 22.0 Å². The first-order valence-electron chi connectivity index (χ1n) is 10.9. The molecular formula is C24H25ClN6O4. The van der Waals surface area contributed by atoms with Gasteiger partial charge in [0.15, 0.2) is 5.84 Å². The number of carbonyl (C=O) groups is 1. The SMILES string of the molecule is Cc1ccc([C@H](Nc2c(Nc3ccc(Cl)c4c3C(=O)N(CC(=N)N=N)C4)c(=O)c2=O)C(C)(C)C)o1. The highest BCUT2D eigenvalue weighted by molar-refractivity contribution is 6.32. The van der Waals surface area contributed by atoms with Gasteiger partial charge in [0.1, 0.15) is 22.9 Å². The van der Waals surface area contributed by atoms with Crippen molar-refractivity contribution in [3.63, 3.8) is 0 Å². The van der Waals surface area contributed by atoms with E-state index in [2.05, 4.69) is 15.7 Å². The van der Waals surface area contributed by atoms with Crippen LogP contribution in [-0.4, -0.2) is 23.2 Å². The van der Waals surface area contributed by atoms with Crippen LogP contribution < -0.4 is 21.5 Å². The highest BCUT2D eigenvalue weighted by Gasteiger charge is 2.35. The molecule has 3 aromatic rings. The Morgan fingerprint density at radius 3 is 2.46 bits per heavy atom. The summed E-state index contributed by atoms with van der Waals surface area (Å²) in [5.74, 6) is 0.678. The van der Waals surface area contributed by atoms with Gasteiger partial charge in [-0.15, -0.1) is 5.11 Å². The highest BCUT2D eigenvalue weighted by atomic mass is 35.5. The van der Waals surface area contributed by atoms with E-state index in [-0.39, 0.29) is 41.3 Å². The number of carbonyl (C=O) groups excluding carboxylic acids is 1. The molecule has 0 radical (unpaired) electrons. The number of hydrogen-bond donors (Lipinski definition) is 4. The van der Waals surface area contributed by atoms with Crippen LogP contribution in [-0.2, 0) is 6.54 Å². The van der Waals surface area contributed by atoms with Crippen LogP contribution >= 0.6 is 11.6 Å². The van der Waals surface area contributed by atoms with Crippen molar-refractivity contribution in [2.75, 3.05) is 17.2 Å². The first kappa shape index (κ1) is 24.3. The number of aryl methyl sites for hydroxylation is 1. The first-order chi connectivity index (χ1) is 16.4. The van der Waals surface area contributed by atoms with Crippen molar-refractivity contribution in [3.05, 3.63) is 72.4 Å². The van der Waals surface area contributed by atoms with E-state index in [1.165, 1.54) is 4.90 Å². The third-order valence-electron chi connectivity index (χ3n) is 5.95. The van der Waals surface area contributed by atoms with Gasteiger partial charge in [-0.05, 0) is 36.6 Å². The van der Waals surface area contributed by atoms with Crippen molar-refractivity contribution in [3.8, 4) is 0 Å². The Balaban J connectivity index is 1.68. The molecule has 0 saturated heterocycles. The van der Waals surface area contributed by atoms with Crippen LogP contribution in [0.1, 0.15) is 54.3 Å². The standard InChI is InChI=1S/C24H25ClN6O4/c1-11-5-8-15(35-11)22(24(2,3)4)29-19-18(20(32)21(19)33)28-14-7-6-13(25)12-9-31(10-16(26)30-27)23(34)17(12)14/h5-8,22,26-29H,9-10H2,1-4H3/t22-/m0/s1.